The molecule has 2 rings (SSSR count). The van der Waals surface area contributed by atoms with Crippen LogP contribution in [0.2, 0.25) is 0 Å². The fourth-order valence-corrected chi connectivity index (χ4v) is 2.05. The molecule has 0 bridgehead atoms. The van der Waals surface area contributed by atoms with Crippen LogP contribution in [0.25, 0.3) is 0 Å². The molecule has 1 aromatic heterocycles. The van der Waals surface area contributed by atoms with Gasteiger partial charge in [0, 0.05) is 39.4 Å². The summed E-state index contributed by atoms with van der Waals surface area (Å²) in [5.74, 6) is 0. The molecule has 0 aliphatic carbocycles. The van der Waals surface area contributed by atoms with Crippen LogP contribution in [0.5, 0.6) is 0 Å². The summed E-state index contributed by atoms with van der Waals surface area (Å²) in [7, 11) is 3.91. The number of hydrogen-bond acceptors (Lipinski definition) is 4. The molecule has 2 heterocycles. The Labute approximate surface area is 96.4 Å². The van der Waals surface area contributed by atoms with Crippen LogP contribution in [0.4, 0.5) is 0 Å². The average Bonchev–Trinajstić information content (AvgIpc) is 2.65. The van der Waals surface area contributed by atoms with E-state index in [1.807, 2.05) is 25.0 Å². The SMILES string of the molecule is CNCC1CN(Cc2ccn(C)n2)CCO1. The van der Waals surface area contributed by atoms with E-state index in [9.17, 15) is 0 Å². The first-order valence-electron chi connectivity index (χ1n) is 5.75. The molecule has 1 aliphatic heterocycles. The molecule has 1 unspecified atom stereocenters. The summed E-state index contributed by atoms with van der Waals surface area (Å²) in [4.78, 5) is 2.40. The first-order chi connectivity index (χ1) is 7.78. The highest BCUT2D eigenvalue weighted by Gasteiger charge is 2.20. The zero-order valence-electron chi connectivity index (χ0n) is 10.0. The largest absolute Gasteiger partial charge is 0.374 e. The van der Waals surface area contributed by atoms with Crippen molar-refractivity contribution in [1.29, 1.82) is 0 Å². The Balaban J connectivity index is 1.85. The molecule has 1 saturated heterocycles. The lowest BCUT2D eigenvalue weighted by atomic mass is 10.2. The first kappa shape index (κ1) is 11.6. The van der Waals surface area contributed by atoms with Crippen LogP contribution in [-0.2, 0) is 18.3 Å². The van der Waals surface area contributed by atoms with Gasteiger partial charge in [0.25, 0.3) is 0 Å². The second-order valence-corrected chi connectivity index (χ2v) is 4.27. The minimum absolute atomic E-state index is 0.308. The average molecular weight is 224 g/mol. The normalized spacial score (nSPS) is 22.5. The van der Waals surface area contributed by atoms with Gasteiger partial charge in [0.2, 0.25) is 0 Å². The molecule has 1 aliphatic rings. The number of ether oxygens (including phenoxy) is 1. The Hall–Kier alpha value is -0.910. The summed E-state index contributed by atoms with van der Waals surface area (Å²) in [5, 5.41) is 7.55. The Bertz CT molecular complexity index is 324. The van der Waals surface area contributed by atoms with Crippen LogP contribution >= 0.6 is 0 Å². The Morgan fingerprint density at radius 2 is 2.50 bits per heavy atom. The van der Waals surface area contributed by atoms with Crippen LogP contribution < -0.4 is 5.32 Å². The van der Waals surface area contributed by atoms with Crippen molar-refractivity contribution in [1.82, 2.24) is 20.0 Å². The van der Waals surface area contributed by atoms with Crippen LogP contribution in [-0.4, -0.2) is 54.1 Å². The zero-order chi connectivity index (χ0) is 11.4. The van der Waals surface area contributed by atoms with E-state index in [2.05, 4.69) is 21.4 Å². The summed E-state index contributed by atoms with van der Waals surface area (Å²) in [6.45, 7) is 4.64. The molecule has 0 spiro atoms. The third-order valence-electron chi connectivity index (χ3n) is 2.81. The van der Waals surface area contributed by atoms with Gasteiger partial charge in [-0.25, -0.2) is 0 Å². The molecule has 90 valence electrons. The summed E-state index contributed by atoms with van der Waals surface area (Å²) in [6.07, 6.45) is 2.29. The molecule has 0 saturated carbocycles. The molecule has 0 aromatic carbocycles. The minimum Gasteiger partial charge on any atom is -0.374 e. The quantitative estimate of drug-likeness (QED) is 0.772. The lowest BCUT2D eigenvalue weighted by Crippen LogP contribution is -2.45. The van der Waals surface area contributed by atoms with Gasteiger partial charge in [-0.1, -0.05) is 0 Å². The van der Waals surface area contributed by atoms with Gasteiger partial charge in [0.1, 0.15) is 0 Å². The number of morpholine rings is 1. The molecule has 5 nitrogen and oxygen atoms in total. The number of nitrogens with zero attached hydrogens (tertiary/aromatic N) is 3. The predicted molar refractivity (Wildman–Crippen MR) is 62.2 cm³/mol. The molecular weight excluding hydrogens is 204 g/mol. The third kappa shape index (κ3) is 3.04. The lowest BCUT2D eigenvalue weighted by molar-refractivity contribution is -0.0295. The number of aryl methyl sites for hydroxylation is 1. The molecule has 0 radical (unpaired) electrons. The fourth-order valence-electron chi connectivity index (χ4n) is 2.05. The minimum atomic E-state index is 0.308. The highest BCUT2D eigenvalue weighted by Crippen LogP contribution is 2.08. The van der Waals surface area contributed by atoms with Crippen molar-refractivity contribution in [3.63, 3.8) is 0 Å². The van der Waals surface area contributed by atoms with Crippen molar-refractivity contribution in [3.05, 3.63) is 18.0 Å². The van der Waals surface area contributed by atoms with Crippen LogP contribution in [0.1, 0.15) is 5.69 Å². The van der Waals surface area contributed by atoms with E-state index >= 15 is 0 Å². The zero-order valence-corrected chi connectivity index (χ0v) is 10.0. The Morgan fingerprint density at radius 1 is 1.62 bits per heavy atom. The highest BCUT2D eigenvalue weighted by molar-refractivity contribution is 4.98. The predicted octanol–water partition coefficient (Wildman–Crippen LogP) is -0.160. The number of hydrogen-bond donors (Lipinski definition) is 1. The summed E-state index contributed by atoms with van der Waals surface area (Å²) in [5.41, 5.74) is 1.13. The van der Waals surface area contributed by atoms with Crippen molar-refractivity contribution in [2.75, 3.05) is 33.3 Å². The van der Waals surface area contributed by atoms with E-state index in [1.54, 1.807) is 0 Å². The van der Waals surface area contributed by atoms with Gasteiger partial charge in [-0.3, -0.25) is 9.58 Å². The lowest BCUT2D eigenvalue weighted by Gasteiger charge is -2.32. The fraction of sp³-hybridized carbons (Fsp3) is 0.727. The summed E-state index contributed by atoms with van der Waals surface area (Å²) >= 11 is 0. The van der Waals surface area contributed by atoms with E-state index in [0.717, 1.165) is 38.5 Å². The van der Waals surface area contributed by atoms with Crippen molar-refractivity contribution in [2.24, 2.45) is 7.05 Å². The summed E-state index contributed by atoms with van der Waals surface area (Å²) in [6, 6.07) is 2.07. The molecule has 1 fully saturated rings. The van der Waals surface area contributed by atoms with E-state index in [-0.39, 0.29) is 0 Å². The van der Waals surface area contributed by atoms with Gasteiger partial charge in [-0.15, -0.1) is 0 Å². The maximum atomic E-state index is 5.66. The molecule has 16 heavy (non-hydrogen) atoms. The van der Waals surface area contributed by atoms with Gasteiger partial charge in [0.05, 0.1) is 18.4 Å². The molecule has 0 amide bonds. The monoisotopic (exact) mass is 224 g/mol. The first-order valence-corrected chi connectivity index (χ1v) is 5.75. The molecule has 1 atom stereocenters. The third-order valence-corrected chi connectivity index (χ3v) is 2.81. The topological polar surface area (TPSA) is 42.3 Å². The van der Waals surface area contributed by atoms with Crippen molar-refractivity contribution in [3.8, 4) is 0 Å². The standard InChI is InChI=1S/C11H20N4O/c1-12-7-11-9-15(5-6-16-11)8-10-3-4-14(2)13-10/h3-4,11-12H,5-9H2,1-2H3. The smallest absolute Gasteiger partial charge is 0.0826 e. The van der Waals surface area contributed by atoms with Crippen LogP contribution in [0.3, 0.4) is 0 Å². The second kappa shape index (κ2) is 5.43. The number of aromatic nitrogens is 2. The number of nitrogens with one attached hydrogen (secondary N) is 1. The maximum absolute atomic E-state index is 5.66. The summed E-state index contributed by atoms with van der Waals surface area (Å²) < 4.78 is 7.51. The van der Waals surface area contributed by atoms with E-state index in [4.69, 9.17) is 4.74 Å². The highest BCUT2D eigenvalue weighted by atomic mass is 16.5. The second-order valence-electron chi connectivity index (χ2n) is 4.27. The van der Waals surface area contributed by atoms with Gasteiger partial charge >= 0.3 is 0 Å². The molecule has 5 heteroatoms. The van der Waals surface area contributed by atoms with Gasteiger partial charge < -0.3 is 10.1 Å². The van der Waals surface area contributed by atoms with Crippen molar-refractivity contribution >= 4 is 0 Å². The Morgan fingerprint density at radius 3 is 3.19 bits per heavy atom. The van der Waals surface area contributed by atoms with Gasteiger partial charge in [0.15, 0.2) is 0 Å². The molecular formula is C11H20N4O. The maximum Gasteiger partial charge on any atom is 0.0826 e. The van der Waals surface area contributed by atoms with Gasteiger partial charge in [-0.2, -0.15) is 5.10 Å². The molecule has 1 aromatic rings. The van der Waals surface area contributed by atoms with Gasteiger partial charge in [-0.05, 0) is 13.1 Å². The number of rotatable bonds is 4. The van der Waals surface area contributed by atoms with E-state index in [0.29, 0.717) is 6.10 Å². The van der Waals surface area contributed by atoms with Crippen LogP contribution in [0.15, 0.2) is 12.3 Å². The molecule has 1 N–H and O–H groups in total. The van der Waals surface area contributed by atoms with Crippen LogP contribution in [0, 0.1) is 0 Å². The van der Waals surface area contributed by atoms with E-state index < -0.39 is 0 Å². The van der Waals surface area contributed by atoms with Crippen molar-refractivity contribution in [2.45, 2.75) is 12.6 Å². The number of likely N-dealkylation sites (N-methyl/N-ethyl adjacent to an activating group) is 1. The van der Waals surface area contributed by atoms with E-state index in [1.165, 1.54) is 0 Å². The Kier molecular flexibility index (Phi) is 3.93. The van der Waals surface area contributed by atoms with Crippen molar-refractivity contribution < 1.29 is 4.74 Å².